The number of halogens is 2. The summed E-state index contributed by atoms with van der Waals surface area (Å²) in [5.41, 5.74) is 6.64. The minimum atomic E-state index is -0.255. The Labute approximate surface area is 126 Å². The van der Waals surface area contributed by atoms with Gasteiger partial charge in [0.1, 0.15) is 0 Å². The fraction of sp³-hybridized carbons (Fsp3) is 0.462. The molecule has 0 radical (unpaired) electrons. The fourth-order valence-corrected chi connectivity index (χ4v) is 2.14. The molecule has 1 aromatic carbocycles. The van der Waals surface area contributed by atoms with Crippen LogP contribution in [0.4, 0.5) is 0 Å². The molecule has 0 spiro atoms. The molecular weight excluding hydrogens is 285 g/mol. The first-order valence-corrected chi connectivity index (χ1v) is 6.04. The molecule has 4 nitrogen and oxygen atoms in total. The number of benzene rings is 1. The first-order chi connectivity index (χ1) is 8.25. The Morgan fingerprint density at radius 1 is 1.32 bits per heavy atom. The molecule has 0 aromatic heterocycles. The summed E-state index contributed by atoms with van der Waals surface area (Å²) >= 11 is 0. The van der Waals surface area contributed by atoms with Crippen LogP contribution < -0.4 is 11.1 Å². The number of carbonyl (C=O) groups excluding carboxylic acids is 1. The van der Waals surface area contributed by atoms with Gasteiger partial charge in [-0.3, -0.25) is 9.69 Å². The summed E-state index contributed by atoms with van der Waals surface area (Å²) in [4.78, 5) is 13.4. The molecule has 1 saturated heterocycles. The highest BCUT2D eigenvalue weighted by Crippen LogP contribution is 2.04. The third-order valence-corrected chi connectivity index (χ3v) is 3.16. The molecule has 6 heteroatoms. The summed E-state index contributed by atoms with van der Waals surface area (Å²) in [7, 11) is 0. The maximum Gasteiger partial charge on any atom is 0.235 e. The van der Waals surface area contributed by atoms with Crippen LogP contribution in [0.1, 0.15) is 5.56 Å². The Balaban J connectivity index is 0.00000162. The molecule has 1 aliphatic rings. The molecule has 1 heterocycles. The van der Waals surface area contributed by atoms with Gasteiger partial charge in [-0.05, 0) is 12.0 Å². The van der Waals surface area contributed by atoms with Crippen molar-refractivity contribution in [1.82, 2.24) is 10.2 Å². The highest BCUT2D eigenvalue weighted by molar-refractivity contribution is 5.85. The number of nitrogens with two attached hydrogens (primary N) is 1. The Hall–Kier alpha value is -0.810. The average molecular weight is 306 g/mol. The smallest absolute Gasteiger partial charge is 0.235 e. The first-order valence-electron chi connectivity index (χ1n) is 6.04. The summed E-state index contributed by atoms with van der Waals surface area (Å²) < 4.78 is 0. The van der Waals surface area contributed by atoms with E-state index in [0.29, 0.717) is 0 Å². The van der Waals surface area contributed by atoms with Crippen LogP contribution in [-0.4, -0.2) is 43.0 Å². The summed E-state index contributed by atoms with van der Waals surface area (Å²) in [6.45, 7) is 3.52. The fourth-order valence-electron chi connectivity index (χ4n) is 2.14. The Kier molecular flexibility index (Phi) is 8.76. The largest absolute Gasteiger partial charge is 0.368 e. The van der Waals surface area contributed by atoms with Crippen LogP contribution in [0.3, 0.4) is 0 Å². The van der Waals surface area contributed by atoms with Crippen molar-refractivity contribution in [2.45, 2.75) is 12.5 Å². The normalized spacial score (nSPS) is 19.1. The van der Waals surface area contributed by atoms with Crippen molar-refractivity contribution in [2.24, 2.45) is 5.73 Å². The number of nitrogens with zero attached hydrogens (tertiary/aromatic N) is 1. The summed E-state index contributed by atoms with van der Waals surface area (Å²) in [5.74, 6) is -0.255. The van der Waals surface area contributed by atoms with Crippen LogP contribution in [0.15, 0.2) is 30.3 Å². The van der Waals surface area contributed by atoms with E-state index in [1.165, 1.54) is 5.56 Å². The summed E-state index contributed by atoms with van der Waals surface area (Å²) in [6, 6.07) is 10.2. The van der Waals surface area contributed by atoms with Crippen molar-refractivity contribution in [3.63, 3.8) is 0 Å². The van der Waals surface area contributed by atoms with Crippen LogP contribution in [0.25, 0.3) is 0 Å². The van der Waals surface area contributed by atoms with Gasteiger partial charge in [-0.15, -0.1) is 24.8 Å². The highest BCUT2D eigenvalue weighted by Gasteiger charge is 2.22. The van der Waals surface area contributed by atoms with Crippen LogP contribution >= 0.6 is 24.8 Å². The number of primary amides is 1. The van der Waals surface area contributed by atoms with E-state index in [1.807, 2.05) is 6.07 Å². The van der Waals surface area contributed by atoms with Gasteiger partial charge in [-0.25, -0.2) is 0 Å². The van der Waals surface area contributed by atoms with Gasteiger partial charge in [-0.2, -0.15) is 0 Å². The average Bonchev–Trinajstić information content (AvgIpc) is 2.38. The first kappa shape index (κ1) is 18.2. The van der Waals surface area contributed by atoms with Gasteiger partial charge in [0, 0.05) is 26.2 Å². The number of carbonyl (C=O) groups is 1. The number of piperazine rings is 1. The van der Waals surface area contributed by atoms with E-state index in [9.17, 15) is 4.79 Å². The lowest BCUT2D eigenvalue weighted by atomic mass is 10.1. The van der Waals surface area contributed by atoms with E-state index >= 15 is 0 Å². The van der Waals surface area contributed by atoms with Gasteiger partial charge >= 0.3 is 0 Å². The molecule has 108 valence electrons. The van der Waals surface area contributed by atoms with Crippen molar-refractivity contribution in [1.29, 1.82) is 0 Å². The summed E-state index contributed by atoms with van der Waals surface area (Å²) in [5, 5.41) is 3.13. The van der Waals surface area contributed by atoms with E-state index in [-0.39, 0.29) is 36.8 Å². The van der Waals surface area contributed by atoms with E-state index in [0.717, 1.165) is 32.6 Å². The third-order valence-electron chi connectivity index (χ3n) is 3.16. The lowest BCUT2D eigenvalue weighted by Crippen LogP contribution is -2.56. The highest BCUT2D eigenvalue weighted by atomic mass is 35.5. The van der Waals surface area contributed by atoms with Gasteiger partial charge in [0.25, 0.3) is 0 Å². The third kappa shape index (κ3) is 5.78. The van der Waals surface area contributed by atoms with Crippen LogP contribution in [0, 0.1) is 0 Å². The topological polar surface area (TPSA) is 58.4 Å². The van der Waals surface area contributed by atoms with E-state index in [4.69, 9.17) is 5.73 Å². The van der Waals surface area contributed by atoms with Crippen molar-refractivity contribution < 1.29 is 4.79 Å². The van der Waals surface area contributed by atoms with Crippen molar-refractivity contribution in [3.8, 4) is 0 Å². The zero-order chi connectivity index (χ0) is 12.1. The molecule has 19 heavy (non-hydrogen) atoms. The minimum Gasteiger partial charge on any atom is -0.368 e. The molecule has 1 unspecified atom stereocenters. The molecule has 1 aromatic rings. The predicted octanol–water partition coefficient (Wildman–Crippen LogP) is 0.832. The molecule has 3 N–H and O–H groups in total. The number of rotatable bonds is 4. The number of amides is 1. The van der Waals surface area contributed by atoms with Crippen LogP contribution in [0.5, 0.6) is 0 Å². The second-order valence-corrected chi connectivity index (χ2v) is 4.45. The molecule has 2 rings (SSSR count). The molecule has 1 atom stereocenters. The second kappa shape index (κ2) is 9.15. The standard InChI is InChI=1S/C13H19N3O.2ClH/c14-13(17)12-10-16(9-7-15-12)8-6-11-4-2-1-3-5-11;;/h1-5,12,15H,6-10H2,(H2,14,17);2*1H. The quantitative estimate of drug-likeness (QED) is 0.866. The SMILES string of the molecule is Cl.Cl.NC(=O)C1CN(CCc2ccccc2)CCN1. The Morgan fingerprint density at radius 3 is 2.63 bits per heavy atom. The minimum absolute atomic E-state index is 0. The predicted molar refractivity (Wildman–Crippen MR) is 82.1 cm³/mol. The molecule has 0 bridgehead atoms. The Bertz CT molecular complexity index is 375. The molecule has 1 amide bonds. The zero-order valence-electron chi connectivity index (χ0n) is 10.7. The van der Waals surface area contributed by atoms with Crippen LogP contribution in [0.2, 0.25) is 0 Å². The van der Waals surface area contributed by atoms with Crippen LogP contribution in [-0.2, 0) is 11.2 Å². The van der Waals surface area contributed by atoms with Gasteiger partial charge < -0.3 is 11.1 Å². The van der Waals surface area contributed by atoms with Gasteiger partial charge in [0.15, 0.2) is 0 Å². The molecule has 0 aliphatic carbocycles. The monoisotopic (exact) mass is 305 g/mol. The van der Waals surface area contributed by atoms with Crippen molar-refractivity contribution >= 4 is 30.7 Å². The maximum absolute atomic E-state index is 11.1. The Morgan fingerprint density at radius 2 is 2.00 bits per heavy atom. The van der Waals surface area contributed by atoms with Gasteiger partial charge in [0.05, 0.1) is 6.04 Å². The molecule has 1 aliphatic heterocycles. The molecular formula is C13H21Cl2N3O. The number of nitrogens with one attached hydrogen (secondary N) is 1. The summed E-state index contributed by atoms with van der Waals surface area (Å²) in [6.07, 6.45) is 1.02. The van der Waals surface area contributed by atoms with Gasteiger partial charge in [0.2, 0.25) is 5.91 Å². The second-order valence-electron chi connectivity index (χ2n) is 4.45. The van der Waals surface area contributed by atoms with E-state index < -0.39 is 0 Å². The van der Waals surface area contributed by atoms with Crippen molar-refractivity contribution in [3.05, 3.63) is 35.9 Å². The van der Waals surface area contributed by atoms with Gasteiger partial charge in [-0.1, -0.05) is 30.3 Å². The lowest BCUT2D eigenvalue weighted by molar-refractivity contribution is -0.121. The maximum atomic E-state index is 11.1. The zero-order valence-corrected chi connectivity index (χ0v) is 12.4. The van der Waals surface area contributed by atoms with Crippen molar-refractivity contribution in [2.75, 3.05) is 26.2 Å². The molecule has 0 saturated carbocycles. The van der Waals surface area contributed by atoms with E-state index in [2.05, 4.69) is 34.5 Å². The number of hydrogen-bond donors (Lipinski definition) is 2. The number of hydrogen-bond acceptors (Lipinski definition) is 3. The van der Waals surface area contributed by atoms with E-state index in [1.54, 1.807) is 0 Å². The lowest BCUT2D eigenvalue weighted by Gasteiger charge is -2.32. The molecule has 1 fully saturated rings.